The van der Waals surface area contributed by atoms with Crippen molar-refractivity contribution < 1.29 is 4.74 Å². The second-order valence-electron chi connectivity index (χ2n) is 2.49. The van der Waals surface area contributed by atoms with E-state index in [2.05, 4.69) is 6.07 Å². The lowest BCUT2D eigenvalue weighted by molar-refractivity contribution is 0.272. The van der Waals surface area contributed by atoms with E-state index in [-0.39, 0.29) is 0 Å². The Labute approximate surface area is 78.1 Å². The normalized spacial score (nSPS) is 9.85. The molecular formula is C11H11NO. The molecule has 0 saturated carbocycles. The Morgan fingerprint density at radius 3 is 2.62 bits per heavy atom. The minimum atomic E-state index is 0.673. The van der Waals surface area contributed by atoms with Gasteiger partial charge in [-0.2, -0.15) is 5.26 Å². The third kappa shape index (κ3) is 3.00. The van der Waals surface area contributed by atoms with Crippen LogP contribution in [-0.4, -0.2) is 6.61 Å². The summed E-state index contributed by atoms with van der Waals surface area (Å²) in [4.78, 5) is 0. The third-order valence-electron chi connectivity index (χ3n) is 1.56. The highest BCUT2D eigenvalue weighted by Crippen LogP contribution is 2.04. The van der Waals surface area contributed by atoms with E-state index in [1.807, 2.05) is 25.1 Å². The number of ether oxygens (including phenoxy) is 1. The smallest absolute Gasteiger partial charge is 0.0991 e. The maximum Gasteiger partial charge on any atom is 0.0991 e. The summed E-state index contributed by atoms with van der Waals surface area (Å²) in [5.74, 6) is 0. The first kappa shape index (κ1) is 9.34. The molecule has 0 heterocycles. The van der Waals surface area contributed by atoms with Gasteiger partial charge in [0.05, 0.1) is 24.5 Å². The highest BCUT2D eigenvalue weighted by Gasteiger charge is 1.88. The third-order valence-corrected chi connectivity index (χ3v) is 1.56. The molecule has 2 heteroatoms. The lowest BCUT2D eigenvalue weighted by Gasteiger charge is -1.94. The summed E-state index contributed by atoms with van der Waals surface area (Å²) in [6.07, 6.45) is 3.52. The van der Waals surface area contributed by atoms with Gasteiger partial charge in [0.1, 0.15) is 0 Å². The summed E-state index contributed by atoms with van der Waals surface area (Å²) in [5, 5.41) is 8.55. The molecule has 0 spiro atoms. The molecule has 0 radical (unpaired) electrons. The van der Waals surface area contributed by atoms with Crippen LogP contribution in [0.3, 0.4) is 0 Å². The lowest BCUT2D eigenvalue weighted by atomic mass is 10.1. The first-order valence-electron chi connectivity index (χ1n) is 4.15. The molecular weight excluding hydrogens is 162 g/mol. The molecule has 0 aliphatic carbocycles. The van der Waals surface area contributed by atoms with Gasteiger partial charge in [0.15, 0.2) is 0 Å². The molecule has 0 unspecified atom stereocenters. The van der Waals surface area contributed by atoms with Crippen molar-refractivity contribution >= 4 is 6.08 Å². The van der Waals surface area contributed by atoms with Crippen LogP contribution < -0.4 is 0 Å². The highest BCUT2D eigenvalue weighted by atomic mass is 16.5. The summed E-state index contributed by atoms with van der Waals surface area (Å²) in [7, 11) is 0. The standard InChI is InChI=1S/C11H11NO/c1-2-13-8-7-10-3-5-11(9-12)6-4-10/h3-8H,2H2,1H3/b8-7+. The van der Waals surface area contributed by atoms with Crippen molar-refractivity contribution in [1.29, 1.82) is 5.26 Å². The molecule has 0 saturated heterocycles. The number of rotatable bonds is 3. The fourth-order valence-corrected chi connectivity index (χ4v) is 0.892. The van der Waals surface area contributed by atoms with Gasteiger partial charge in [-0.25, -0.2) is 0 Å². The molecule has 66 valence electrons. The van der Waals surface area contributed by atoms with E-state index in [9.17, 15) is 0 Å². The van der Waals surface area contributed by atoms with Crippen molar-refractivity contribution in [2.45, 2.75) is 6.92 Å². The van der Waals surface area contributed by atoms with E-state index < -0.39 is 0 Å². The van der Waals surface area contributed by atoms with Gasteiger partial charge < -0.3 is 4.74 Å². The SMILES string of the molecule is CCO/C=C/c1ccc(C#N)cc1. The second-order valence-corrected chi connectivity index (χ2v) is 2.49. The van der Waals surface area contributed by atoms with Crippen molar-refractivity contribution in [3.05, 3.63) is 41.7 Å². The van der Waals surface area contributed by atoms with Gasteiger partial charge in [0, 0.05) is 0 Å². The molecule has 0 aliphatic rings. The van der Waals surface area contributed by atoms with Crippen molar-refractivity contribution in [3.8, 4) is 6.07 Å². The molecule has 1 rings (SSSR count). The molecule has 1 aromatic carbocycles. The molecule has 13 heavy (non-hydrogen) atoms. The number of nitriles is 1. The van der Waals surface area contributed by atoms with Crippen molar-refractivity contribution in [2.75, 3.05) is 6.61 Å². The van der Waals surface area contributed by atoms with Crippen LogP contribution in [0, 0.1) is 11.3 Å². The van der Waals surface area contributed by atoms with Gasteiger partial charge in [-0.05, 0) is 30.7 Å². The first-order chi connectivity index (χ1) is 6.36. The fourth-order valence-electron chi connectivity index (χ4n) is 0.892. The molecule has 0 atom stereocenters. The molecule has 1 aromatic rings. The Hall–Kier alpha value is -1.75. The number of hydrogen-bond donors (Lipinski definition) is 0. The second kappa shape index (κ2) is 5.00. The molecule has 2 nitrogen and oxygen atoms in total. The van der Waals surface area contributed by atoms with Crippen LogP contribution in [0.15, 0.2) is 30.5 Å². The average Bonchev–Trinajstić information content (AvgIpc) is 2.19. The molecule has 0 aliphatic heterocycles. The van der Waals surface area contributed by atoms with Gasteiger partial charge >= 0.3 is 0 Å². The van der Waals surface area contributed by atoms with Crippen LogP contribution in [0.2, 0.25) is 0 Å². The maximum absolute atomic E-state index is 8.55. The minimum absolute atomic E-state index is 0.673. The Morgan fingerprint density at radius 1 is 1.38 bits per heavy atom. The summed E-state index contributed by atoms with van der Waals surface area (Å²) >= 11 is 0. The zero-order chi connectivity index (χ0) is 9.52. The minimum Gasteiger partial charge on any atom is -0.501 e. The largest absolute Gasteiger partial charge is 0.501 e. The van der Waals surface area contributed by atoms with Crippen LogP contribution in [0.1, 0.15) is 18.1 Å². The van der Waals surface area contributed by atoms with Gasteiger partial charge in [0.2, 0.25) is 0 Å². The zero-order valence-corrected chi connectivity index (χ0v) is 7.53. The van der Waals surface area contributed by atoms with E-state index in [0.717, 1.165) is 5.56 Å². The van der Waals surface area contributed by atoms with E-state index in [0.29, 0.717) is 12.2 Å². The van der Waals surface area contributed by atoms with Crippen LogP contribution in [0.25, 0.3) is 6.08 Å². The molecule has 0 N–H and O–H groups in total. The van der Waals surface area contributed by atoms with Gasteiger partial charge in [-0.15, -0.1) is 0 Å². The number of hydrogen-bond acceptors (Lipinski definition) is 2. The van der Waals surface area contributed by atoms with Crippen molar-refractivity contribution in [3.63, 3.8) is 0 Å². The van der Waals surface area contributed by atoms with Crippen LogP contribution in [0.4, 0.5) is 0 Å². The Kier molecular flexibility index (Phi) is 3.59. The molecule has 0 aromatic heterocycles. The fraction of sp³-hybridized carbons (Fsp3) is 0.182. The van der Waals surface area contributed by atoms with Gasteiger partial charge in [0.25, 0.3) is 0 Å². The van der Waals surface area contributed by atoms with Crippen LogP contribution >= 0.6 is 0 Å². The zero-order valence-electron chi connectivity index (χ0n) is 7.53. The Morgan fingerprint density at radius 2 is 2.08 bits per heavy atom. The number of benzene rings is 1. The Bertz CT molecular complexity index is 319. The topological polar surface area (TPSA) is 33.0 Å². The van der Waals surface area contributed by atoms with Crippen molar-refractivity contribution in [1.82, 2.24) is 0 Å². The highest BCUT2D eigenvalue weighted by molar-refractivity contribution is 5.49. The quantitative estimate of drug-likeness (QED) is 0.658. The first-order valence-corrected chi connectivity index (χ1v) is 4.15. The van der Waals surface area contributed by atoms with E-state index in [1.165, 1.54) is 0 Å². The summed E-state index contributed by atoms with van der Waals surface area (Å²) in [6, 6.07) is 9.40. The molecule has 0 amide bonds. The van der Waals surface area contributed by atoms with Gasteiger partial charge in [-0.1, -0.05) is 12.1 Å². The van der Waals surface area contributed by atoms with Crippen LogP contribution in [-0.2, 0) is 4.74 Å². The van der Waals surface area contributed by atoms with E-state index in [4.69, 9.17) is 10.00 Å². The average molecular weight is 173 g/mol. The van der Waals surface area contributed by atoms with Crippen LogP contribution in [0.5, 0.6) is 0 Å². The summed E-state index contributed by atoms with van der Waals surface area (Å²) < 4.78 is 5.05. The summed E-state index contributed by atoms with van der Waals surface area (Å²) in [5.41, 5.74) is 1.71. The Balaban J connectivity index is 2.65. The van der Waals surface area contributed by atoms with E-state index >= 15 is 0 Å². The maximum atomic E-state index is 8.55. The van der Waals surface area contributed by atoms with E-state index in [1.54, 1.807) is 18.4 Å². The molecule has 0 fully saturated rings. The van der Waals surface area contributed by atoms with Crippen molar-refractivity contribution in [2.24, 2.45) is 0 Å². The number of nitrogens with zero attached hydrogens (tertiary/aromatic N) is 1. The predicted molar refractivity (Wildman–Crippen MR) is 51.8 cm³/mol. The monoisotopic (exact) mass is 173 g/mol. The predicted octanol–water partition coefficient (Wildman–Crippen LogP) is 2.57. The molecule has 0 bridgehead atoms. The van der Waals surface area contributed by atoms with Gasteiger partial charge in [-0.3, -0.25) is 0 Å². The lowest BCUT2D eigenvalue weighted by Crippen LogP contribution is -1.78. The summed E-state index contributed by atoms with van der Waals surface area (Å²) in [6.45, 7) is 2.61.